The molecule has 2 heterocycles. The molecule has 0 saturated carbocycles. The summed E-state index contributed by atoms with van der Waals surface area (Å²) < 4.78 is 32.1. The first-order valence-corrected chi connectivity index (χ1v) is 14.0. The van der Waals surface area contributed by atoms with Crippen molar-refractivity contribution in [2.45, 2.75) is 38.0 Å². The number of sulfonamides is 1. The van der Waals surface area contributed by atoms with E-state index in [1.54, 1.807) is 48.5 Å². The van der Waals surface area contributed by atoms with Gasteiger partial charge in [-0.3, -0.25) is 19.7 Å². The number of rotatable bonds is 10. The van der Waals surface area contributed by atoms with Crippen molar-refractivity contribution in [2.24, 2.45) is 5.92 Å². The molecular weight excluding hydrogens is 486 g/mol. The molecule has 0 bridgehead atoms. The number of hydrogen-bond acceptors (Lipinski definition) is 8. The van der Waals surface area contributed by atoms with Crippen LogP contribution in [0.25, 0.3) is 0 Å². The molecule has 1 unspecified atom stereocenters. The van der Waals surface area contributed by atoms with Crippen molar-refractivity contribution in [3.05, 3.63) is 29.8 Å². The first-order valence-electron chi connectivity index (χ1n) is 12.5. The van der Waals surface area contributed by atoms with Crippen LogP contribution in [-0.2, 0) is 14.8 Å². The van der Waals surface area contributed by atoms with Crippen LogP contribution in [0, 0.1) is 5.92 Å². The summed E-state index contributed by atoms with van der Waals surface area (Å²) in [6.07, 6.45) is 2.23. The fourth-order valence-corrected chi connectivity index (χ4v) is 5.74. The van der Waals surface area contributed by atoms with Crippen molar-refractivity contribution in [1.29, 1.82) is 0 Å². The van der Waals surface area contributed by atoms with Crippen LogP contribution in [0.1, 0.15) is 37.0 Å². The summed E-state index contributed by atoms with van der Waals surface area (Å²) in [5, 5.41) is 11.4. The Balaban J connectivity index is 1.50. The van der Waals surface area contributed by atoms with E-state index in [2.05, 4.69) is 17.3 Å². The van der Waals surface area contributed by atoms with E-state index in [-0.39, 0.29) is 25.5 Å². The van der Waals surface area contributed by atoms with E-state index in [0.29, 0.717) is 36.9 Å². The Hall–Kier alpha value is -2.25. The molecule has 1 aromatic carbocycles. The molecule has 3 rings (SSSR count). The van der Waals surface area contributed by atoms with Crippen molar-refractivity contribution in [3.8, 4) is 5.75 Å². The standard InChI is InChI=1S/C24H39N5O6S/c1-18(2)36(33,34)29-14-12-28(13-15-29)22(24(31)26-32)16-25-23(30)20-4-6-21(7-5-20)35-17-19-8-10-27(3)11-9-19/h4-7,18-19,22,32H,8-17H2,1-3H3,(H,25,30)(H,26,31). The van der Waals surface area contributed by atoms with Crippen molar-refractivity contribution in [1.82, 2.24) is 24.9 Å². The molecule has 202 valence electrons. The second-order valence-electron chi connectivity index (χ2n) is 9.81. The summed E-state index contributed by atoms with van der Waals surface area (Å²) >= 11 is 0. The van der Waals surface area contributed by atoms with Crippen LogP contribution < -0.4 is 15.5 Å². The highest BCUT2D eigenvalue weighted by atomic mass is 32.2. The van der Waals surface area contributed by atoms with Gasteiger partial charge in [-0.05, 0) is 77.0 Å². The summed E-state index contributed by atoms with van der Waals surface area (Å²) in [5.41, 5.74) is 2.08. The molecule has 3 N–H and O–H groups in total. The van der Waals surface area contributed by atoms with Crippen molar-refractivity contribution >= 4 is 21.8 Å². The third kappa shape index (κ3) is 7.39. The molecule has 0 spiro atoms. The summed E-state index contributed by atoms with van der Waals surface area (Å²) in [4.78, 5) is 29.1. The second kappa shape index (κ2) is 12.8. The number of ether oxygens (including phenoxy) is 1. The van der Waals surface area contributed by atoms with Crippen LogP contribution in [0.2, 0.25) is 0 Å². The molecule has 36 heavy (non-hydrogen) atoms. The van der Waals surface area contributed by atoms with Crippen LogP contribution in [0.3, 0.4) is 0 Å². The van der Waals surface area contributed by atoms with Gasteiger partial charge in [0.25, 0.3) is 11.8 Å². The van der Waals surface area contributed by atoms with Crippen LogP contribution in [0.4, 0.5) is 0 Å². The predicted octanol–water partition coefficient (Wildman–Crippen LogP) is 0.367. The quantitative estimate of drug-likeness (QED) is 0.295. The Morgan fingerprint density at radius 3 is 2.22 bits per heavy atom. The zero-order valence-electron chi connectivity index (χ0n) is 21.4. The number of nitrogens with one attached hydrogen (secondary N) is 2. The van der Waals surface area contributed by atoms with E-state index < -0.39 is 27.2 Å². The largest absolute Gasteiger partial charge is 0.493 e. The maximum Gasteiger partial charge on any atom is 0.262 e. The fourth-order valence-electron chi connectivity index (χ4n) is 4.47. The summed E-state index contributed by atoms with van der Waals surface area (Å²) in [6.45, 7) is 7.14. The fraction of sp³-hybridized carbons (Fsp3) is 0.667. The zero-order valence-corrected chi connectivity index (χ0v) is 22.2. The van der Waals surface area contributed by atoms with Gasteiger partial charge in [0.15, 0.2) is 0 Å². The summed E-state index contributed by atoms with van der Waals surface area (Å²) in [5.74, 6) is 0.227. The number of hydrogen-bond donors (Lipinski definition) is 3. The first-order chi connectivity index (χ1) is 17.1. The lowest BCUT2D eigenvalue weighted by Gasteiger charge is -2.38. The van der Waals surface area contributed by atoms with E-state index in [9.17, 15) is 23.2 Å². The molecule has 0 aliphatic carbocycles. The van der Waals surface area contributed by atoms with Gasteiger partial charge in [-0.1, -0.05) is 0 Å². The smallest absolute Gasteiger partial charge is 0.262 e. The molecule has 1 aromatic rings. The Kier molecular flexibility index (Phi) is 10.1. The highest BCUT2D eigenvalue weighted by molar-refractivity contribution is 7.89. The number of piperazine rings is 1. The lowest BCUT2D eigenvalue weighted by atomic mass is 9.98. The lowest BCUT2D eigenvalue weighted by molar-refractivity contribution is -0.135. The third-order valence-corrected chi connectivity index (χ3v) is 9.26. The van der Waals surface area contributed by atoms with Gasteiger partial charge in [-0.15, -0.1) is 0 Å². The highest BCUT2D eigenvalue weighted by Crippen LogP contribution is 2.19. The molecule has 2 amide bonds. The number of hydroxylamine groups is 1. The molecule has 1 atom stereocenters. The van der Waals surface area contributed by atoms with Gasteiger partial charge in [0.1, 0.15) is 11.8 Å². The Labute approximate surface area is 213 Å². The third-order valence-electron chi connectivity index (χ3n) is 6.98. The molecule has 0 radical (unpaired) electrons. The van der Waals surface area contributed by atoms with Crippen LogP contribution in [0.15, 0.2) is 24.3 Å². The first kappa shape index (κ1) is 28.3. The minimum Gasteiger partial charge on any atom is -0.493 e. The molecule has 2 fully saturated rings. The number of amides is 2. The molecule has 0 aromatic heterocycles. The number of benzene rings is 1. The van der Waals surface area contributed by atoms with Gasteiger partial charge in [0, 0.05) is 38.3 Å². The van der Waals surface area contributed by atoms with Gasteiger partial charge in [-0.25, -0.2) is 13.9 Å². The summed E-state index contributed by atoms with van der Waals surface area (Å²) in [6, 6.07) is 6.04. The van der Waals surface area contributed by atoms with E-state index >= 15 is 0 Å². The average Bonchev–Trinajstić information content (AvgIpc) is 2.88. The number of nitrogens with zero attached hydrogens (tertiary/aromatic N) is 3. The Morgan fingerprint density at radius 2 is 1.67 bits per heavy atom. The second-order valence-corrected chi connectivity index (χ2v) is 12.3. The van der Waals surface area contributed by atoms with E-state index in [1.807, 2.05) is 0 Å². The van der Waals surface area contributed by atoms with Gasteiger partial charge in [0.05, 0.1) is 11.9 Å². The maximum atomic E-state index is 12.7. The minimum absolute atomic E-state index is 0.0312. The topological polar surface area (TPSA) is 132 Å². The molecule has 11 nitrogen and oxygen atoms in total. The molecule has 12 heteroatoms. The minimum atomic E-state index is -3.38. The predicted molar refractivity (Wildman–Crippen MR) is 135 cm³/mol. The van der Waals surface area contributed by atoms with Gasteiger partial charge in [0.2, 0.25) is 10.0 Å². The molecular formula is C24H39N5O6S. The Morgan fingerprint density at radius 1 is 1.06 bits per heavy atom. The van der Waals surface area contributed by atoms with Crippen LogP contribution in [0.5, 0.6) is 5.75 Å². The molecule has 2 aliphatic rings. The van der Waals surface area contributed by atoms with Gasteiger partial charge in [-0.2, -0.15) is 4.31 Å². The van der Waals surface area contributed by atoms with E-state index in [4.69, 9.17) is 4.74 Å². The van der Waals surface area contributed by atoms with Crippen LogP contribution >= 0.6 is 0 Å². The molecule has 2 saturated heterocycles. The monoisotopic (exact) mass is 525 g/mol. The van der Waals surface area contributed by atoms with E-state index in [1.165, 1.54) is 4.31 Å². The lowest BCUT2D eigenvalue weighted by Crippen LogP contribution is -2.59. The number of likely N-dealkylation sites (tertiary alicyclic amines) is 1. The van der Waals surface area contributed by atoms with Crippen molar-refractivity contribution in [2.75, 3.05) is 59.5 Å². The maximum absolute atomic E-state index is 12.7. The Bertz CT molecular complexity index is 971. The van der Waals surface area contributed by atoms with E-state index in [0.717, 1.165) is 25.9 Å². The molecule has 2 aliphatic heterocycles. The SMILES string of the molecule is CC(C)S(=O)(=O)N1CCN(C(CNC(=O)c2ccc(OCC3CCN(C)CC3)cc2)C(=O)NO)CC1. The van der Waals surface area contributed by atoms with Gasteiger partial charge >= 0.3 is 0 Å². The normalized spacial score (nSPS) is 19.7. The number of piperidine rings is 1. The number of carbonyl (C=O) groups is 2. The average molecular weight is 526 g/mol. The van der Waals surface area contributed by atoms with Crippen molar-refractivity contribution < 1.29 is 28.0 Å². The number of carbonyl (C=O) groups excluding carboxylic acids is 2. The van der Waals surface area contributed by atoms with Crippen molar-refractivity contribution in [3.63, 3.8) is 0 Å². The highest BCUT2D eigenvalue weighted by Gasteiger charge is 2.34. The summed E-state index contributed by atoms with van der Waals surface area (Å²) in [7, 11) is -1.25. The van der Waals surface area contributed by atoms with Gasteiger partial charge < -0.3 is 15.0 Å². The van der Waals surface area contributed by atoms with Crippen LogP contribution in [-0.4, -0.2) is 110 Å². The zero-order chi connectivity index (χ0) is 26.3.